The molecule has 22 heavy (non-hydrogen) atoms. The summed E-state index contributed by atoms with van der Waals surface area (Å²) < 4.78 is 0. The second kappa shape index (κ2) is 5.69. The fraction of sp³-hybridized carbons (Fsp3) is 0.333. The molecular weight excluding hydrogens is 284 g/mol. The van der Waals surface area contributed by atoms with Crippen LogP contribution in [0.3, 0.4) is 0 Å². The molecule has 3 rings (SSSR count). The van der Waals surface area contributed by atoms with Crippen molar-refractivity contribution in [3.05, 3.63) is 58.0 Å². The third-order valence-electron chi connectivity index (χ3n) is 4.20. The molecule has 0 radical (unpaired) electrons. The number of nitrogens with zero attached hydrogens (tertiary/aromatic N) is 3. The number of aromatic amines is 1. The smallest absolute Gasteiger partial charge is 0.340 e. The predicted octanol–water partition coefficient (Wildman–Crippen LogP) is 1.86. The Hall–Kier alpha value is -2.54. The normalized spacial score (nSPS) is 21.8. The zero-order valence-corrected chi connectivity index (χ0v) is 11.9. The summed E-state index contributed by atoms with van der Waals surface area (Å²) in [6.45, 7) is 1.02. The Balaban J connectivity index is 2.14. The van der Waals surface area contributed by atoms with Crippen molar-refractivity contribution < 1.29 is 9.72 Å². The average Bonchev–Trinajstić information content (AvgIpc) is 3.16. The quantitative estimate of drug-likeness (QED) is 0.517. The van der Waals surface area contributed by atoms with Crippen LogP contribution in [0.25, 0.3) is 0 Å². The number of aldehydes is 1. The highest BCUT2D eigenvalue weighted by molar-refractivity contribution is 5.53. The molecule has 1 N–H and O–H groups in total. The SMILES string of the molecule is O=CCN1CCCC1(c1ccccc1)c1ncc([N+](=O)[O-])[nH]1. The van der Waals surface area contributed by atoms with Crippen LogP contribution in [0.4, 0.5) is 5.82 Å². The summed E-state index contributed by atoms with van der Waals surface area (Å²) >= 11 is 0. The van der Waals surface area contributed by atoms with E-state index >= 15 is 0 Å². The van der Waals surface area contributed by atoms with E-state index in [9.17, 15) is 14.9 Å². The van der Waals surface area contributed by atoms with E-state index in [0.717, 1.165) is 31.2 Å². The molecule has 1 atom stereocenters. The van der Waals surface area contributed by atoms with Crippen LogP contribution < -0.4 is 0 Å². The molecule has 0 bridgehead atoms. The molecule has 7 nitrogen and oxygen atoms in total. The lowest BCUT2D eigenvalue weighted by Gasteiger charge is -2.34. The highest BCUT2D eigenvalue weighted by atomic mass is 16.6. The second-order valence-electron chi connectivity index (χ2n) is 5.32. The number of nitro groups is 1. The van der Waals surface area contributed by atoms with E-state index in [0.29, 0.717) is 5.82 Å². The lowest BCUT2D eigenvalue weighted by Crippen LogP contribution is -2.44. The average molecular weight is 300 g/mol. The minimum Gasteiger partial charge on any atom is -0.358 e. The van der Waals surface area contributed by atoms with Gasteiger partial charge in [-0.05, 0) is 23.3 Å². The highest BCUT2D eigenvalue weighted by Crippen LogP contribution is 2.43. The lowest BCUT2D eigenvalue weighted by molar-refractivity contribution is -0.389. The first-order chi connectivity index (χ1) is 10.7. The number of hydrogen-bond donors (Lipinski definition) is 1. The molecular formula is C15H16N4O3. The van der Waals surface area contributed by atoms with Gasteiger partial charge in [0.25, 0.3) is 0 Å². The minimum atomic E-state index is -0.615. The molecule has 0 aliphatic carbocycles. The number of hydrogen-bond acceptors (Lipinski definition) is 5. The van der Waals surface area contributed by atoms with E-state index in [2.05, 4.69) is 9.97 Å². The van der Waals surface area contributed by atoms with Gasteiger partial charge < -0.3 is 14.9 Å². The van der Waals surface area contributed by atoms with E-state index in [1.165, 1.54) is 6.20 Å². The maximum absolute atomic E-state index is 11.0. The monoisotopic (exact) mass is 300 g/mol. The third kappa shape index (κ3) is 2.19. The van der Waals surface area contributed by atoms with Crippen molar-refractivity contribution in [3.63, 3.8) is 0 Å². The highest BCUT2D eigenvalue weighted by Gasteiger charge is 2.48. The van der Waals surface area contributed by atoms with Crippen molar-refractivity contribution in [2.45, 2.75) is 18.4 Å². The summed E-state index contributed by atoms with van der Waals surface area (Å²) in [6, 6.07) is 9.70. The molecule has 0 amide bonds. The molecule has 114 valence electrons. The van der Waals surface area contributed by atoms with E-state index in [4.69, 9.17) is 0 Å². The Morgan fingerprint density at radius 1 is 1.41 bits per heavy atom. The summed E-state index contributed by atoms with van der Waals surface area (Å²) in [7, 11) is 0. The third-order valence-corrected chi connectivity index (χ3v) is 4.20. The Kier molecular flexibility index (Phi) is 3.72. The predicted molar refractivity (Wildman–Crippen MR) is 79.3 cm³/mol. The fourth-order valence-corrected chi connectivity index (χ4v) is 3.27. The van der Waals surface area contributed by atoms with Gasteiger partial charge in [-0.25, -0.2) is 9.97 Å². The molecule has 0 saturated carbocycles. The van der Waals surface area contributed by atoms with E-state index in [-0.39, 0.29) is 12.4 Å². The Labute approximate surface area is 127 Å². The zero-order chi connectivity index (χ0) is 15.6. The van der Waals surface area contributed by atoms with Crippen molar-refractivity contribution in [3.8, 4) is 0 Å². The number of likely N-dealkylation sites (tertiary alicyclic amines) is 1. The largest absolute Gasteiger partial charge is 0.358 e. The molecule has 1 aromatic carbocycles. The van der Waals surface area contributed by atoms with Crippen LogP contribution in [-0.4, -0.2) is 39.2 Å². The van der Waals surface area contributed by atoms with Gasteiger partial charge in [-0.3, -0.25) is 4.90 Å². The van der Waals surface area contributed by atoms with Gasteiger partial charge >= 0.3 is 5.82 Å². The van der Waals surface area contributed by atoms with Gasteiger partial charge in [-0.15, -0.1) is 0 Å². The molecule has 2 aromatic rings. The van der Waals surface area contributed by atoms with Crippen LogP contribution in [0.15, 0.2) is 36.5 Å². The van der Waals surface area contributed by atoms with Gasteiger partial charge in [0, 0.05) is 6.54 Å². The van der Waals surface area contributed by atoms with E-state index < -0.39 is 10.5 Å². The van der Waals surface area contributed by atoms with Crippen LogP contribution in [0.2, 0.25) is 0 Å². The summed E-state index contributed by atoms with van der Waals surface area (Å²) in [4.78, 5) is 30.6. The Morgan fingerprint density at radius 3 is 2.82 bits per heavy atom. The van der Waals surface area contributed by atoms with Gasteiger partial charge in [0.05, 0.1) is 6.54 Å². The minimum absolute atomic E-state index is 0.136. The standard InChI is InChI=1S/C15H16N4O3/c20-10-9-18-8-4-7-15(18,12-5-2-1-3-6-12)14-16-11-13(17-14)19(21)22/h1-3,5-6,10-11H,4,7-9H2,(H,16,17). The van der Waals surface area contributed by atoms with Crippen molar-refractivity contribution in [1.29, 1.82) is 0 Å². The van der Waals surface area contributed by atoms with Gasteiger partial charge in [0.1, 0.15) is 18.0 Å². The maximum Gasteiger partial charge on any atom is 0.340 e. The molecule has 1 fully saturated rings. The molecule has 1 aromatic heterocycles. The number of nitrogens with one attached hydrogen (secondary N) is 1. The van der Waals surface area contributed by atoms with Crippen LogP contribution in [-0.2, 0) is 10.3 Å². The van der Waals surface area contributed by atoms with Crippen molar-refractivity contribution in [1.82, 2.24) is 14.9 Å². The van der Waals surface area contributed by atoms with Crippen LogP contribution >= 0.6 is 0 Å². The molecule has 2 heterocycles. The first-order valence-corrected chi connectivity index (χ1v) is 7.12. The van der Waals surface area contributed by atoms with Gasteiger partial charge in [-0.2, -0.15) is 0 Å². The molecule has 1 aliphatic heterocycles. The number of rotatable bonds is 5. The number of H-pyrrole nitrogens is 1. The topological polar surface area (TPSA) is 92.1 Å². The first-order valence-electron chi connectivity index (χ1n) is 7.12. The van der Waals surface area contributed by atoms with Crippen LogP contribution in [0.5, 0.6) is 0 Å². The zero-order valence-electron chi connectivity index (χ0n) is 11.9. The van der Waals surface area contributed by atoms with E-state index in [1.54, 1.807) is 0 Å². The molecule has 1 aliphatic rings. The van der Waals surface area contributed by atoms with Gasteiger partial charge in [0.15, 0.2) is 0 Å². The molecule has 0 spiro atoms. The number of carbonyl (C=O) groups excluding carboxylic acids is 1. The summed E-state index contributed by atoms with van der Waals surface area (Å²) in [5.41, 5.74) is 0.370. The number of benzene rings is 1. The Bertz CT molecular complexity index is 685. The van der Waals surface area contributed by atoms with Crippen molar-refractivity contribution in [2.24, 2.45) is 0 Å². The van der Waals surface area contributed by atoms with Gasteiger partial charge in [-0.1, -0.05) is 30.3 Å². The van der Waals surface area contributed by atoms with Crippen LogP contribution in [0, 0.1) is 10.1 Å². The maximum atomic E-state index is 11.0. The molecule has 1 saturated heterocycles. The molecule has 7 heteroatoms. The lowest BCUT2D eigenvalue weighted by atomic mass is 9.86. The number of aromatic nitrogens is 2. The number of carbonyl (C=O) groups is 1. The van der Waals surface area contributed by atoms with Crippen molar-refractivity contribution in [2.75, 3.05) is 13.1 Å². The van der Waals surface area contributed by atoms with Crippen LogP contribution in [0.1, 0.15) is 24.2 Å². The van der Waals surface area contributed by atoms with Gasteiger partial charge in [0.2, 0.25) is 5.82 Å². The van der Waals surface area contributed by atoms with Crippen molar-refractivity contribution >= 4 is 12.1 Å². The first kappa shape index (κ1) is 14.4. The number of imidazole rings is 1. The van der Waals surface area contributed by atoms with E-state index in [1.807, 2.05) is 35.2 Å². The molecule has 1 unspecified atom stereocenters. The fourth-order valence-electron chi connectivity index (χ4n) is 3.27. The summed E-state index contributed by atoms with van der Waals surface area (Å²) in [5, 5.41) is 10.9. The Morgan fingerprint density at radius 2 is 2.18 bits per heavy atom. The summed E-state index contributed by atoms with van der Waals surface area (Å²) in [6.07, 6.45) is 3.75. The summed E-state index contributed by atoms with van der Waals surface area (Å²) in [5.74, 6) is 0.382. The second-order valence-corrected chi connectivity index (χ2v) is 5.32.